The van der Waals surface area contributed by atoms with Crippen LogP contribution in [0.4, 0.5) is 10.1 Å². The first-order valence-corrected chi connectivity index (χ1v) is 6.19. The zero-order chi connectivity index (χ0) is 15.6. The lowest BCUT2D eigenvalue weighted by molar-refractivity contribution is -0.386. The van der Waals surface area contributed by atoms with Gasteiger partial charge in [0.1, 0.15) is 0 Å². The number of ether oxygens (including phenoxy) is 1. The molecule has 0 saturated carbocycles. The minimum absolute atomic E-state index is 0.309. The number of carboxylic acids is 1. The van der Waals surface area contributed by atoms with Gasteiger partial charge in [-0.2, -0.15) is 4.98 Å². The number of carboxylic acid groups (broad SMARTS) is 1. The number of aromatic carboxylic acids is 1. The minimum atomic E-state index is -1.38. The Bertz CT molecular complexity index is 738. The summed E-state index contributed by atoms with van der Waals surface area (Å²) in [6.45, 7) is 0. The Kier molecular flexibility index (Phi) is 4.13. The largest absolute Gasteiger partial charge is 0.477 e. The van der Waals surface area contributed by atoms with Crippen molar-refractivity contribution in [1.29, 1.82) is 0 Å². The summed E-state index contributed by atoms with van der Waals surface area (Å²) in [6, 6.07) is 5.69. The lowest BCUT2D eigenvalue weighted by Gasteiger charge is -2.07. The Morgan fingerprint density at radius 2 is 2.10 bits per heavy atom. The van der Waals surface area contributed by atoms with E-state index < -0.39 is 34.0 Å². The van der Waals surface area contributed by atoms with E-state index in [4.69, 9.17) is 9.84 Å². The van der Waals surface area contributed by atoms with E-state index in [1.54, 1.807) is 0 Å². The van der Waals surface area contributed by atoms with Crippen LogP contribution in [0.3, 0.4) is 0 Å². The predicted octanol–water partition coefficient (Wildman–Crippen LogP) is 3.38. The third-order valence-corrected chi connectivity index (χ3v) is 2.85. The summed E-state index contributed by atoms with van der Waals surface area (Å²) >= 11 is 3.05. The standard InChI is InChI=1S/C12H6BrFN2O5/c13-6-1-4-10(7(14)5-6)21-11-9(16(19)20)3-2-8(15-11)12(17)18/h1-5H,(H,17,18). The molecule has 21 heavy (non-hydrogen) atoms. The first kappa shape index (κ1) is 14.9. The molecule has 0 aliphatic rings. The van der Waals surface area contributed by atoms with Crippen LogP contribution in [0.1, 0.15) is 10.5 Å². The second-order valence-corrected chi connectivity index (χ2v) is 4.68. The SMILES string of the molecule is O=C(O)c1ccc([N+](=O)[O-])c(Oc2ccc(Br)cc2F)n1. The number of halogens is 2. The normalized spacial score (nSPS) is 10.2. The van der Waals surface area contributed by atoms with Crippen LogP contribution in [0, 0.1) is 15.9 Å². The fourth-order valence-electron chi connectivity index (χ4n) is 1.43. The van der Waals surface area contributed by atoms with Crippen molar-refractivity contribution in [2.24, 2.45) is 0 Å². The number of nitrogens with zero attached hydrogens (tertiary/aromatic N) is 2. The molecular formula is C12H6BrFN2O5. The smallest absolute Gasteiger partial charge is 0.354 e. The van der Waals surface area contributed by atoms with Gasteiger partial charge in [0.25, 0.3) is 0 Å². The maximum atomic E-state index is 13.7. The van der Waals surface area contributed by atoms with E-state index in [2.05, 4.69) is 20.9 Å². The number of aromatic nitrogens is 1. The number of nitro groups is 1. The molecule has 2 rings (SSSR count). The maximum absolute atomic E-state index is 13.7. The fraction of sp³-hybridized carbons (Fsp3) is 0. The van der Waals surface area contributed by atoms with Gasteiger partial charge in [-0.15, -0.1) is 0 Å². The minimum Gasteiger partial charge on any atom is -0.477 e. The van der Waals surface area contributed by atoms with E-state index in [-0.39, 0.29) is 5.75 Å². The van der Waals surface area contributed by atoms with Crippen LogP contribution in [0.15, 0.2) is 34.8 Å². The van der Waals surface area contributed by atoms with Gasteiger partial charge in [-0.05, 0) is 24.3 Å². The summed E-state index contributed by atoms with van der Waals surface area (Å²) < 4.78 is 19.1. The molecule has 108 valence electrons. The Balaban J connectivity index is 2.48. The summed E-state index contributed by atoms with van der Waals surface area (Å²) in [7, 11) is 0. The van der Waals surface area contributed by atoms with E-state index in [1.807, 2.05) is 0 Å². The van der Waals surface area contributed by atoms with Crippen molar-refractivity contribution in [3.63, 3.8) is 0 Å². The molecule has 0 amide bonds. The van der Waals surface area contributed by atoms with E-state index in [0.29, 0.717) is 4.47 Å². The van der Waals surface area contributed by atoms with Crippen LogP contribution < -0.4 is 4.74 Å². The highest BCUT2D eigenvalue weighted by Crippen LogP contribution is 2.31. The van der Waals surface area contributed by atoms with Crippen LogP contribution >= 0.6 is 15.9 Å². The topological polar surface area (TPSA) is 103 Å². The van der Waals surface area contributed by atoms with Crippen molar-refractivity contribution in [1.82, 2.24) is 4.98 Å². The van der Waals surface area contributed by atoms with Gasteiger partial charge >= 0.3 is 17.5 Å². The molecule has 0 fully saturated rings. The number of carbonyl (C=O) groups is 1. The van der Waals surface area contributed by atoms with Gasteiger partial charge < -0.3 is 9.84 Å². The van der Waals surface area contributed by atoms with Crippen molar-refractivity contribution in [3.8, 4) is 11.6 Å². The molecule has 0 atom stereocenters. The number of pyridine rings is 1. The van der Waals surface area contributed by atoms with Gasteiger partial charge in [0.15, 0.2) is 17.3 Å². The first-order chi connectivity index (χ1) is 9.88. The van der Waals surface area contributed by atoms with Crippen molar-refractivity contribution in [2.75, 3.05) is 0 Å². The molecule has 0 spiro atoms. The zero-order valence-corrected chi connectivity index (χ0v) is 11.7. The van der Waals surface area contributed by atoms with Gasteiger partial charge in [-0.25, -0.2) is 9.18 Å². The van der Waals surface area contributed by atoms with Crippen molar-refractivity contribution in [2.45, 2.75) is 0 Å². The molecule has 0 saturated heterocycles. The third kappa shape index (κ3) is 3.31. The van der Waals surface area contributed by atoms with Crippen LogP contribution in [0.5, 0.6) is 11.6 Å². The number of rotatable bonds is 4. The highest BCUT2D eigenvalue weighted by molar-refractivity contribution is 9.10. The van der Waals surface area contributed by atoms with Crippen molar-refractivity contribution in [3.05, 3.63) is 56.4 Å². The average molecular weight is 357 g/mol. The summed E-state index contributed by atoms with van der Waals surface area (Å²) in [5, 5.41) is 19.7. The molecule has 1 aromatic heterocycles. The molecule has 0 aliphatic heterocycles. The van der Waals surface area contributed by atoms with Crippen LogP contribution in [-0.4, -0.2) is 21.0 Å². The van der Waals surface area contributed by atoms with Crippen molar-refractivity contribution < 1.29 is 24.0 Å². The molecular weight excluding hydrogens is 351 g/mol. The predicted molar refractivity (Wildman–Crippen MR) is 72.0 cm³/mol. The highest BCUT2D eigenvalue weighted by Gasteiger charge is 2.21. The van der Waals surface area contributed by atoms with Crippen LogP contribution in [-0.2, 0) is 0 Å². The molecule has 1 heterocycles. The Hall–Kier alpha value is -2.55. The molecule has 0 radical (unpaired) electrons. The quantitative estimate of drug-likeness (QED) is 0.665. The van der Waals surface area contributed by atoms with Gasteiger partial charge in [0, 0.05) is 10.5 Å². The Morgan fingerprint density at radius 1 is 1.38 bits per heavy atom. The van der Waals surface area contributed by atoms with Gasteiger partial charge in [0.2, 0.25) is 0 Å². The summed E-state index contributed by atoms with van der Waals surface area (Å²) in [6.07, 6.45) is 0. The van der Waals surface area contributed by atoms with Gasteiger partial charge in [-0.3, -0.25) is 10.1 Å². The first-order valence-electron chi connectivity index (χ1n) is 5.40. The molecule has 0 bridgehead atoms. The molecule has 1 aromatic carbocycles. The van der Waals surface area contributed by atoms with Crippen LogP contribution in [0.2, 0.25) is 0 Å². The van der Waals surface area contributed by atoms with E-state index in [1.165, 1.54) is 12.1 Å². The van der Waals surface area contributed by atoms with Gasteiger partial charge in [0.05, 0.1) is 4.92 Å². The number of hydrogen-bond acceptors (Lipinski definition) is 5. The third-order valence-electron chi connectivity index (χ3n) is 2.36. The molecule has 2 aromatic rings. The summed E-state index contributed by atoms with van der Waals surface area (Å²) in [5.74, 6) is -3.07. The van der Waals surface area contributed by atoms with Crippen LogP contribution in [0.25, 0.3) is 0 Å². The van der Waals surface area contributed by atoms with E-state index in [0.717, 1.165) is 18.2 Å². The molecule has 1 N–H and O–H groups in total. The molecule has 9 heteroatoms. The zero-order valence-electron chi connectivity index (χ0n) is 10.1. The van der Waals surface area contributed by atoms with E-state index in [9.17, 15) is 19.3 Å². The Labute approximate surface area is 125 Å². The molecule has 7 nitrogen and oxygen atoms in total. The monoisotopic (exact) mass is 356 g/mol. The molecule has 0 aliphatic carbocycles. The summed E-state index contributed by atoms with van der Waals surface area (Å²) in [5.41, 5.74) is -1.02. The number of benzene rings is 1. The lowest BCUT2D eigenvalue weighted by atomic mass is 10.3. The summed E-state index contributed by atoms with van der Waals surface area (Å²) in [4.78, 5) is 24.4. The van der Waals surface area contributed by atoms with E-state index >= 15 is 0 Å². The Morgan fingerprint density at radius 3 is 2.67 bits per heavy atom. The second kappa shape index (κ2) is 5.83. The average Bonchev–Trinajstić information content (AvgIpc) is 2.41. The highest BCUT2D eigenvalue weighted by atomic mass is 79.9. The lowest BCUT2D eigenvalue weighted by Crippen LogP contribution is -2.04. The van der Waals surface area contributed by atoms with Crippen molar-refractivity contribution >= 4 is 27.6 Å². The molecule has 0 unspecified atom stereocenters. The fourth-order valence-corrected chi connectivity index (χ4v) is 1.76. The maximum Gasteiger partial charge on any atom is 0.354 e. The van der Waals surface area contributed by atoms with Gasteiger partial charge in [-0.1, -0.05) is 15.9 Å². The number of hydrogen-bond donors (Lipinski definition) is 1. The second-order valence-electron chi connectivity index (χ2n) is 3.76.